The fourth-order valence-corrected chi connectivity index (χ4v) is 4.04. The van der Waals surface area contributed by atoms with Crippen LogP contribution in [0.5, 0.6) is 0 Å². The van der Waals surface area contributed by atoms with Crippen LogP contribution in [0.1, 0.15) is 22.3 Å². The number of hydrogen-bond acceptors (Lipinski definition) is 6. The number of piperazine rings is 1. The average Bonchev–Trinajstić information content (AvgIpc) is 2.77. The van der Waals surface area contributed by atoms with Gasteiger partial charge in [-0.1, -0.05) is 30.3 Å². The minimum atomic E-state index is -0.506. The van der Waals surface area contributed by atoms with Crippen molar-refractivity contribution >= 4 is 23.4 Å². The fourth-order valence-electron chi connectivity index (χ4n) is 3.60. The Kier molecular flexibility index (Phi) is 8.24. The van der Waals surface area contributed by atoms with Crippen LogP contribution in [0.4, 0.5) is 5.69 Å². The van der Waals surface area contributed by atoms with Gasteiger partial charge < -0.3 is 10.2 Å². The lowest BCUT2D eigenvalue weighted by Crippen LogP contribution is -2.46. The maximum absolute atomic E-state index is 12.5. The van der Waals surface area contributed by atoms with Crippen molar-refractivity contribution in [3.05, 3.63) is 69.8 Å². The van der Waals surface area contributed by atoms with Crippen LogP contribution in [0.15, 0.2) is 53.4 Å². The maximum Gasteiger partial charge on any atom is 0.282 e. The van der Waals surface area contributed by atoms with E-state index in [1.165, 1.54) is 23.4 Å². The molecule has 0 atom stereocenters. The van der Waals surface area contributed by atoms with E-state index in [0.29, 0.717) is 6.54 Å². The number of nitro groups is 1. The third kappa shape index (κ3) is 6.29. The minimum Gasteiger partial charge on any atom is -0.352 e. The summed E-state index contributed by atoms with van der Waals surface area (Å²) in [5.41, 5.74) is 1.31. The molecule has 0 unspecified atom stereocenters. The number of benzene rings is 2. The summed E-state index contributed by atoms with van der Waals surface area (Å²) in [7, 11) is 0. The molecule has 0 bridgehead atoms. The number of nitrogens with one attached hydrogen (secondary N) is 1. The first-order valence-electron chi connectivity index (χ1n) is 10.2. The first-order chi connectivity index (χ1) is 14.6. The third-order valence-corrected chi connectivity index (χ3v) is 6.02. The number of rotatable bonds is 9. The number of nitro benzene ring substituents is 1. The van der Waals surface area contributed by atoms with Crippen molar-refractivity contribution in [3.63, 3.8) is 0 Å². The van der Waals surface area contributed by atoms with Crippen LogP contribution in [0.3, 0.4) is 0 Å². The van der Waals surface area contributed by atoms with E-state index in [-0.39, 0.29) is 17.2 Å². The number of hydrogen-bond donors (Lipinski definition) is 1. The van der Waals surface area contributed by atoms with E-state index in [4.69, 9.17) is 0 Å². The smallest absolute Gasteiger partial charge is 0.282 e. The second-order valence-electron chi connectivity index (χ2n) is 7.35. The van der Waals surface area contributed by atoms with Gasteiger partial charge in [0.15, 0.2) is 0 Å². The molecular weight excluding hydrogens is 400 g/mol. The maximum atomic E-state index is 12.5. The highest BCUT2D eigenvalue weighted by Gasteiger charge is 2.21. The van der Waals surface area contributed by atoms with Crippen LogP contribution >= 0.6 is 11.8 Å². The lowest BCUT2D eigenvalue weighted by Gasteiger charge is -2.34. The average molecular weight is 429 g/mol. The lowest BCUT2D eigenvalue weighted by molar-refractivity contribution is -0.385. The van der Waals surface area contributed by atoms with Crippen molar-refractivity contribution in [3.8, 4) is 0 Å². The van der Waals surface area contributed by atoms with Crippen molar-refractivity contribution in [2.75, 3.05) is 45.5 Å². The predicted octanol–water partition coefficient (Wildman–Crippen LogP) is 3.25. The molecule has 1 aliphatic rings. The molecule has 30 heavy (non-hydrogen) atoms. The van der Waals surface area contributed by atoms with E-state index >= 15 is 0 Å². The quantitative estimate of drug-likeness (QED) is 0.286. The molecule has 8 heteroatoms. The van der Waals surface area contributed by atoms with E-state index in [0.717, 1.165) is 50.6 Å². The summed E-state index contributed by atoms with van der Waals surface area (Å²) in [5, 5.41) is 14.0. The van der Waals surface area contributed by atoms with Crippen molar-refractivity contribution in [1.82, 2.24) is 15.1 Å². The zero-order chi connectivity index (χ0) is 21.3. The van der Waals surface area contributed by atoms with E-state index in [1.54, 1.807) is 12.1 Å². The molecule has 1 saturated heterocycles. The van der Waals surface area contributed by atoms with Gasteiger partial charge in [-0.05, 0) is 36.9 Å². The third-order valence-electron chi connectivity index (χ3n) is 5.30. The van der Waals surface area contributed by atoms with Gasteiger partial charge in [-0.3, -0.25) is 19.8 Å². The van der Waals surface area contributed by atoms with E-state index < -0.39 is 4.92 Å². The first-order valence-corrected chi connectivity index (χ1v) is 11.4. The number of nitrogens with zero attached hydrogens (tertiary/aromatic N) is 3. The molecule has 1 heterocycles. The minimum absolute atomic E-state index is 0.126. The molecular formula is C22H28N4O3S. The second-order valence-corrected chi connectivity index (χ2v) is 8.23. The zero-order valence-corrected chi connectivity index (χ0v) is 18.1. The van der Waals surface area contributed by atoms with Crippen LogP contribution in [-0.2, 0) is 6.54 Å². The van der Waals surface area contributed by atoms with Gasteiger partial charge in [0.1, 0.15) is 5.56 Å². The van der Waals surface area contributed by atoms with Gasteiger partial charge in [-0.15, -0.1) is 11.8 Å². The molecule has 0 spiro atoms. The molecule has 2 aromatic rings. The second kappa shape index (κ2) is 11.1. The Hall–Kier alpha value is -2.42. The van der Waals surface area contributed by atoms with E-state index in [9.17, 15) is 14.9 Å². The normalized spacial score (nSPS) is 15.1. The van der Waals surface area contributed by atoms with Gasteiger partial charge in [-0.2, -0.15) is 0 Å². The van der Waals surface area contributed by atoms with Gasteiger partial charge in [0.25, 0.3) is 11.6 Å². The molecule has 1 N–H and O–H groups in total. The predicted molar refractivity (Wildman–Crippen MR) is 120 cm³/mol. The van der Waals surface area contributed by atoms with E-state index in [1.807, 2.05) is 12.3 Å². The van der Waals surface area contributed by atoms with Gasteiger partial charge >= 0.3 is 0 Å². The van der Waals surface area contributed by atoms with E-state index in [2.05, 4.69) is 39.4 Å². The monoisotopic (exact) mass is 428 g/mol. The zero-order valence-electron chi connectivity index (χ0n) is 17.3. The Labute approximate surface area is 181 Å². The molecule has 2 aromatic carbocycles. The highest BCUT2D eigenvalue weighted by atomic mass is 32.2. The number of amides is 1. The number of carbonyl (C=O) groups is 1. The summed E-state index contributed by atoms with van der Waals surface area (Å²) in [6, 6.07) is 15.2. The number of carbonyl (C=O) groups excluding carboxylic acids is 1. The molecule has 1 amide bonds. The largest absolute Gasteiger partial charge is 0.352 e. The summed E-state index contributed by atoms with van der Waals surface area (Å²) in [4.78, 5) is 28.9. The number of thioether (sulfide) groups is 1. The van der Waals surface area contributed by atoms with Crippen LogP contribution in [-0.4, -0.2) is 66.2 Å². The Morgan fingerprint density at radius 2 is 1.80 bits per heavy atom. The van der Waals surface area contributed by atoms with Crippen molar-refractivity contribution in [1.29, 1.82) is 0 Å². The summed E-state index contributed by atoms with van der Waals surface area (Å²) in [6.45, 7) is 6.50. The van der Waals surface area contributed by atoms with Gasteiger partial charge in [0, 0.05) is 50.2 Å². The summed E-state index contributed by atoms with van der Waals surface area (Å²) in [5.74, 6) is -0.384. The van der Waals surface area contributed by atoms with Gasteiger partial charge in [0.05, 0.1) is 4.92 Å². The Morgan fingerprint density at radius 1 is 1.10 bits per heavy atom. The highest BCUT2D eigenvalue weighted by Crippen LogP contribution is 2.24. The topological polar surface area (TPSA) is 78.7 Å². The molecule has 0 saturated carbocycles. The Bertz CT molecular complexity index is 855. The molecule has 160 valence electrons. The van der Waals surface area contributed by atoms with Crippen LogP contribution < -0.4 is 5.32 Å². The molecule has 1 fully saturated rings. The fraction of sp³-hybridized carbons (Fsp3) is 0.409. The summed E-state index contributed by atoms with van der Waals surface area (Å²) < 4.78 is 0. The first kappa shape index (κ1) is 22.3. The lowest BCUT2D eigenvalue weighted by atomic mass is 10.1. The van der Waals surface area contributed by atoms with Gasteiger partial charge in [0.2, 0.25) is 0 Å². The van der Waals surface area contributed by atoms with Crippen molar-refractivity contribution in [2.45, 2.75) is 17.9 Å². The van der Waals surface area contributed by atoms with Crippen LogP contribution in [0.25, 0.3) is 0 Å². The Balaban J connectivity index is 1.39. The molecule has 0 aliphatic carbocycles. The molecule has 7 nitrogen and oxygen atoms in total. The summed E-state index contributed by atoms with van der Waals surface area (Å²) >= 11 is 1.46. The SMILES string of the molecule is CSc1ccc([N+](=O)[O-])c(C(=O)NCCCN2CCN(Cc3ccccc3)CC2)c1. The van der Waals surface area contributed by atoms with Crippen LogP contribution in [0, 0.1) is 10.1 Å². The molecule has 0 radical (unpaired) electrons. The van der Waals surface area contributed by atoms with Gasteiger partial charge in [-0.25, -0.2) is 0 Å². The Morgan fingerprint density at radius 3 is 2.47 bits per heavy atom. The molecule has 3 rings (SSSR count). The molecule has 0 aromatic heterocycles. The molecule has 1 aliphatic heterocycles. The standard InChI is InChI=1S/C22H28N4O3S/c1-30-19-8-9-21(26(28)29)20(16-19)22(27)23-10-5-11-24-12-14-25(15-13-24)17-18-6-3-2-4-7-18/h2-4,6-9,16H,5,10-15,17H2,1H3,(H,23,27). The highest BCUT2D eigenvalue weighted by molar-refractivity contribution is 7.98. The van der Waals surface area contributed by atoms with Crippen LogP contribution in [0.2, 0.25) is 0 Å². The van der Waals surface area contributed by atoms with Crippen molar-refractivity contribution in [2.24, 2.45) is 0 Å². The summed E-state index contributed by atoms with van der Waals surface area (Å²) in [6.07, 6.45) is 2.70. The van der Waals surface area contributed by atoms with Crippen molar-refractivity contribution < 1.29 is 9.72 Å².